The van der Waals surface area contributed by atoms with E-state index in [1.165, 1.54) is 6.92 Å². The Kier molecular flexibility index (Phi) is 5.73. The number of rotatable bonds is 5. The van der Waals surface area contributed by atoms with Gasteiger partial charge in [-0.1, -0.05) is 16.8 Å². The lowest BCUT2D eigenvalue weighted by molar-refractivity contribution is -0.0248. The molecule has 0 radical (unpaired) electrons. The average molecular weight is 567 g/mol. The Morgan fingerprint density at radius 1 is 1.16 bits per heavy atom. The molecule has 1 aliphatic heterocycles. The predicted molar refractivity (Wildman–Crippen MR) is 118 cm³/mol. The number of sulfonamides is 1. The van der Waals surface area contributed by atoms with E-state index in [4.69, 9.17) is 16.1 Å². The first-order valence-electron chi connectivity index (χ1n) is 10.4. The lowest BCUT2D eigenvalue weighted by Crippen LogP contribution is -2.45. The first-order valence-corrected chi connectivity index (χ1v) is 12.4. The molecule has 196 valence electrons. The molecule has 1 aliphatic rings. The van der Waals surface area contributed by atoms with Gasteiger partial charge in [0.1, 0.15) is 29.2 Å². The Morgan fingerprint density at radius 2 is 1.81 bits per heavy atom. The molecule has 4 aromatic rings. The van der Waals surface area contributed by atoms with Crippen molar-refractivity contribution in [1.29, 1.82) is 0 Å². The second-order valence-electron chi connectivity index (χ2n) is 8.15. The van der Waals surface area contributed by atoms with Gasteiger partial charge < -0.3 is 4.52 Å². The van der Waals surface area contributed by atoms with E-state index in [9.17, 15) is 26.4 Å². The van der Waals surface area contributed by atoms with Crippen LogP contribution in [-0.2, 0) is 22.5 Å². The highest BCUT2D eigenvalue weighted by molar-refractivity contribution is 7.89. The molecule has 0 saturated heterocycles. The van der Waals surface area contributed by atoms with Gasteiger partial charge in [0.05, 0.1) is 28.3 Å². The van der Waals surface area contributed by atoms with Crippen molar-refractivity contribution in [3.8, 4) is 16.9 Å². The van der Waals surface area contributed by atoms with Gasteiger partial charge in [-0.05, 0) is 6.92 Å². The zero-order valence-corrected chi connectivity index (χ0v) is 19.9. The molecule has 3 heterocycles. The molecule has 37 heavy (non-hydrogen) atoms. The van der Waals surface area contributed by atoms with Crippen molar-refractivity contribution in [2.45, 2.75) is 25.4 Å². The summed E-state index contributed by atoms with van der Waals surface area (Å²) >= 11 is 5.83. The summed E-state index contributed by atoms with van der Waals surface area (Å²) in [6, 6.07) is -0.494. The zero-order valence-electron chi connectivity index (χ0n) is 18.3. The summed E-state index contributed by atoms with van der Waals surface area (Å²) in [6.45, 7) is 0.492. The van der Waals surface area contributed by atoms with Crippen LogP contribution in [0.5, 0.6) is 0 Å². The zero-order chi connectivity index (χ0) is 27.0. The van der Waals surface area contributed by atoms with E-state index in [-0.39, 0.29) is 17.7 Å². The van der Waals surface area contributed by atoms with Crippen LogP contribution in [0.1, 0.15) is 12.6 Å². The smallest absolute Gasteiger partial charge is 0.334 e. The lowest BCUT2D eigenvalue weighted by Gasteiger charge is -2.19. The van der Waals surface area contributed by atoms with Gasteiger partial charge >= 0.3 is 11.6 Å². The van der Waals surface area contributed by atoms with E-state index in [0.717, 1.165) is 6.07 Å². The molecule has 5 rings (SSSR count). The highest BCUT2D eigenvalue weighted by Gasteiger charge is 2.52. The average Bonchev–Trinajstić information content (AvgIpc) is 3.42. The van der Waals surface area contributed by atoms with Crippen LogP contribution in [0, 0.1) is 23.3 Å². The lowest BCUT2D eigenvalue weighted by atomic mass is 9.99. The summed E-state index contributed by atoms with van der Waals surface area (Å²) in [5.74, 6) is -10.6. The van der Waals surface area contributed by atoms with Gasteiger partial charge in [0, 0.05) is 30.0 Å². The number of nitrogens with one attached hydrogen (secondary N) is 1. The third-order valence-corrected chi connectivity index (χ3v) is 7.63. The molecule has 16 heteroatoms. The molecule has 0 bridgehead atoms. The van der Waals surface area contributed by atoms with Crippen LogP contribution in [0.15, 0.2) is 33.7 Å². The first kappa shape index (κ1) is 25.4. The summed E-state index contributed by atoms with van der Waals surface area (Å²) in [7, 11) is -4.05. The third-order valence-electron chi connectivity index (χ3n) is 5.95. The number of halogens is 7. The normalized spacial score (nSPS) is 17.0. The van der Waals surface area contributed by atoms with Crippen LogP contribution in [0.2, 0.25) is 5.02 Å². The van der Waals surface area contributed by atoms with Crippen molar-refractivity contribution in [3.63, 3.8) is 0 Å². The van der Waals surface area contributed by atoms with Crippen molar-refractivity contribution in [1.82, 2.24) is 19.0 Å². The van der Waals surface area contributed by atoms with Crippen LogP contribution in [0.3, 0.4) is 0 Å². The van der Waals surface area contributed by atoms with Crippen molar-refractivity contribution >= 4 is 32.6 Å². The number of hydrogen-bond donors (Lipinski definition) is 1. The van der Waals surface area contributed by atoms with Crippen LogP contribution in [0.4, 0.5) is 26.3 Å². The molecular formula is C21H13ClF6N4O4S. The van der Waals surface area contributed by atoms with E-state index in [0.29, 0.717) is 15.3 Å². The highest BCUT2D eigenvalue weighted by atomic mass is 35.5. The summed E-state index contributed by atoms with van der Waals surface area (Å²) < 4.78 is 120. The predicted octanol–water partition coefficient (Wildman–Crippen LogP) is 4.07. The molecule has 1 atom stereocenters. The SMILES string of the molecule is CCS(=O)(=O)N[C@@H]1Cn2c(cn(-c3noc4cc(Cl)c(F)c(-c5c(F)cc(F)cc5F)c34)c2=O)C1(F)F. The van der Waals surface area contributed by atoms with Gasteiger partial charge in [-0.15, -0.1) is 0 Å². The number of nitrogens with zero attached hydrogens (tertiary/aromatic N) is 3. The van der Waals surface area contributed by atoms with E-state index in [2.05, 4.69) is 5.16 Å². The van der Waals surface area contributed by atoms with E-state index >= 15 is 13.2 Å². The maximum Gasteiger partial charge on any atom is 0.334 e. The fraction of sp³-hybridized carbons (Fsp3) is 0.238. The number of imidazole rings is 1. The first-order chi connectivity index (χ1) is 17.3. The summed E-state index contributed by atoms with van der Waals surface area (Å²) in [4.78, 5) is 13.1. The van der Waals surface area contributed by atoms with Crippen LogP contribution in [0.25, 0.3) is 27.9 Å². The number of alkyl halides is 2. The number of hydrogen-bond acceptors (Lipinski definition) is 5. The van der Waals surface area contributed by atoms with Crippen LogP contribution >= 0.6 is 11.6 Å². The molecule has 8 nitrogen and oxygen atoms in total. The molecule has 2 aromatic heterocycles. The molecule has 0 unspecified atom stereocenters. The molecule has 0 fully saturated rings. The largest absolute Gasteiger partial charge is 0.354 e. The van der Waals surface area contributed by atoms with E-state index in [1.807, 2.05) is 4.72 Å². The van der Waals surface area contributed by atoms with Crippen LogP contribution < -0.4 is 10.4 Å². The molecule has 1 N–H and O–H groups in total. The molecule has 0 amide bonds. The highest BCUT2D eigenvalue weighted by Crippen LogP contribution is 2.42. The minimum Gasteiger partial charge on any atom is -0.354 e. The fourth-order valence-corrected chi connectivity index (χ4v) is 5.19. The molecule has 0 aliphatic carbocycles. The topological polar surface area (TPSA) is 99.1 Å². The van der Waals surface area contributed by atoms with Gasteiger partial charge in [0.25, 0.3) is 0 Å². The van der Waals surface area contributed by atoms with Gasteiger partial charge in [0.2, 0.25) is 10.0 Å². The fourth-order valence-electron chi connectivity index (χ4n) is 4.18. The van der Waals surface area contributed by atoms with E-state index < -0.39 is 96.3 Å². The third kappa shape index (κ3) is 3.83. The van der Waals surface area contributed by atoms with Crippen molar-refractivity contribution in [3.05, 3.63) is 68.9 Å². The van der Waals surface area contributed by atoms with Gasteiger partial charge in [-0.25, -0.2) is 40.1 Å². The molecule has 2 aromatic carbocycles. The number of benzene rings is 2. The summed E-state index contributed by atoms with van der Waals surface area (Å²) in [5.41, 5.74) is -4.35. The minimum absolute atomic E-state index is 0.287. The number of fused-ring (bicyclic) bond motifs is 2. The quantitative estimate of drug-likeness (QED) is 0.367. The van der Waals surface area contributed by atoms with Gasteiger partial charge in [0.15, 0.2) is 17.2 Å². The summed E-state index contributed by atoms with van der Waals surface area (Å²) in [5, 5.41) is 2.43. The Hall–Kier alpha value is -3.30. The Bertz CT molecular complexity index is 1740. The van der Waals surface area contributed by atoms with Crippen molar-refractivity contribution in [2.75, 3.05) is 5.75 Å². The van der Waals surface area contributed by atoms with Crippen molar-refractivity contribution in [2.24, 2.45) is 0 Å². The van der Waals surface area contributed by atoms with Crippen LogP contribution in [-0.4, -0.2) is 34.5 Å². The molecule has 0 saturated carbocycles. The Labute approximate surface area is 208 Å². The standard InChI is InChI=1S/C21H13ClF6N4O4S/c1-2-37(34,35)30-13-6-31-14(21(13,27)28)7-32(20(31)33)19-16-12(36-29-19)5-9(22)18(26)17(16)15-10(24)3-8(23)4-11(15)25/h3-5,7,13,30H,2,6H2,1H3/t13-/m1/s1. The van der Waals surface area contributed by atoms with Gasteiger partial charge in [-0.3, -0.25) is 4.57 Å². The van der Waals surface area contributed by atoms with Crippen molar-refractivity contribution < 1.29 is 39.3 Å². The number of aromatic nitrogens is 3. The second-order valence-corrected chi connectivity index (χ2v) is 10.6. The molecular weight excluding hydrogens is 554 g/mol. The molecule has 0 spiro atoms. The Morgan fingerprint density at radius 3 is 2.41 bits per heavy atom. The minimum atomic E-state index is -4.05. The van der Waals surface area contributed by atoms with Gasteiger partial charge in [-0.2, -0.15) is 8.78 Å². The maximum atomic E-state index is 15.2. The second kappa shape index (κ2) is 8.36. The monoisotopic (exact) mass is 566 g/mol. The summed E-state index contributed by atoms with van der Waals surface area (Å²) in [6.07, 6.45) is 0.632. The maximum absolute atomic E-state index is 15.2. The Balaban J connectivity index is 1.73. The van der Waals surface area contributed by atoms with E-state index in [1.54, 1.807) is 0 Å².